The molecule has 1 atom stereocenters. The van der Waals surface area contributed by atoms with Crippen molar-refractivity contribution in [2.75, 3.05) is 11.9 Å². The van der Waals surface area contributed by atoms with Crippen LogP contribution in [-0.4, -0.2) is 26.6 Å². The normalized spacial score (nSPS) is 18.2. The van der Waals surface area contributed by atoms with Gasteiger partial charge in [0.1, 0.15) is 10.4 Å². The summed E-state index contributed by atoms with van der Waals surface area (Å²) in [4.78, 5) is 14.7. The molecule has 2 heterocycles. The van der Waals surface area contributed by atoms with Crippen LogP contribution in [-0.2, 0) is 47.7 Å². The molecule has 2 amide bonds. The van der Waals surface area contributed by atoms with Crippen molar-refractivity contribution in [3.63, 3.8) is 0 Å². The molecular weight excluding hydrogens is 643 g/mol. The highest BCUT2D eigenvalue weighted by molar-refractivity contribution is 7.92. The molecule has 5 aromatic rings. The maximum atomic E-state index is 16.1. The van der Waals surface area contributed by atoms with Crippen molar-refractivity contribution in [2.45, 2.75) is 74.8 Å². The standard InChI is InChI=1S/C41H41N5O3S/c47-39(43-37-34-21-10-13-29(34)25-30-14-11-22-35(30)37)44-50(48,36-26-42-46-27-40(23-12-24-40)28-49-38(36)46)45-41(31-15-4-1-5-16-31,32-17-6-2-7-18-32)33-19-8-3-9-20-33/h1-9,15-20,25-26H,10-14,21-24,27-28H2,(H2,43,44,45,47,48). The average molecular weight is 684 g/mol. The molecule has 2 N–H and O–H groups in total. The molecule has 254 valence electrons. The number of fused-ring (bicyclic) bond motifs is 3. The smallest absolute Gasteiger partial charge is 0.331 e. The lowest BCUT2D eigenvalue weighted by Gasteiger charge is -2.44. The zero-order chi connectivity index (χ0) is 33.8. The van der Waals surface area contributed by atoms with E-state index in [0.29, 0.717) is 19.0 Å². The molecule has 4 aliphatic rings. The Labute approximate surface area is 293 Å². The minimum absolute atomic E-state index is 0.0506. The summed E-state index contributed by atoms with van der Waals surface area (Å²) in [6, 6.07) is 31.5. The summed E-state index contributed by atoms with van der Waals surface area (Å²) in [6.07, 6.45) is 10.9. The molecule has 1 saturated carbocycles. The molecule has 50 heavy (non-hydrogen) atoms. The van der Waals surface area contributed by atoms with Gasteiger partial charge in [-0.05, 0) is 90.3 Å². The number of rotatable bonds is 7. The number of aromatic nitrogens is 2. The predicted octanol–water partition coefficient (Wildman–Crippen LogP) is 7.98. The second-order valence-electron chi connectivity index (χ2n) is 14.3. The molecule has 0 radical (unpaired) electrons. The van der Waals surface area contributed by atoms with Gasteiger partial charge in [-0.15, -0.1) is 0 Å². The Hall–Kier alpha value is -4.89. The first-order chi connectivity index (χ1) is 24.5. The fraction of sp³-hybridized carbons (Fsp3) is 0.317. The number of hydrogen-bond donors (Lipinski definition) is 2. The molecule has 3 aliphatic carbocycles. The summed E-state index contributed by atoms with van der Waals surface area (Å²) in [6.45, 7) is 1.21. The molecule has 8 nitrogen and oxygen atoms in total. The zero-order valence-corrected chi connectivity index (χ0v) is 28.9. The molecule has 1 aromatic heterocycles. The lowest BCUT2D eigenvalue weighted by Crippen LogP contribution is -2.44. The van der Waals surface area contributed by atoms with Crippen LogP contribution >= 0.6 is 0 Å². The quantitative estimate of drug-likeness (QED) is 0.170. The first-order valence-corrected chi connectivity index (χ1v) is 19.4. The molecule has 9 heteroatoms. The summed E-state index contributed by atoms with van der Waals surface area (Å²) in [5, 5.41) is 7.93. The van der Waals surface area contributed by atoms with E-state index in [0.717, 1.165) is 73.7 Å². The van der Waals surface area contributed by atoms with Gasteiger partial charge >= 0.3 is 6.03 Å². The van der Waals surface area contributed by atoms with Crippen molar-refractivity contribution in [1.82, 2.24) is 14.5 Å². The molecule has 1 fully saturated rings. The Morgan fingerprint density at radius 2 is 1.36 bits per heavy atom. The molecule has 1 spiro atoms. The third kappa shape index (κ3) is 5.13. The van der Waals surface area contributed by atoms with E-state index in [-0.39, 0.29) is 10.3 Å². The molecule has 1 unspecified atom stereocenters. The highest BCUT2D eigenvalue weighted by Crippen LogP contribution is 2.48. The zero-order valence-electron chi connectivity index (χ0n) is 28.1. The van der Waals surface area contributed by atoms with Gasteiger partial charge in [-0.2, -0.15) is 9.46 Å². The van der Waals surface area contributed by atoms with E-state index in [1.54, 1.807) is 6.20 Å². The number of nitrogens with zero attached hydrogens (tertiary/aromatic N) is 3. The Kier molecular flexibility index (Phi) is 7.57. The highest BCUT2D eigenvalue weighted by Gasteiger charge is 2.45. The van der Waals surface area contributed by atoms with Crippen LogP contribution < -0.4 is 14.8 Å². The van der Waals surface area contributed by atoms with Crippen molar-refractivity contribution >= 4 is 21.6 Å². The van der Waals surface area contributed by atoms with Gasteiger partial charge in [-0.25, -0.2) is 18.4 Å². The molecule has 4 aromatic carbocycles. The van der Waals surface area contributed by atoms with E-state index >= 15 is 4.21 Å². The highest BCUT2D eigenvalue weighted by atomic mass is 32.2. The van der Waals surface area contributed by atoms with Gasteiger partial charge in [-0.3, -0.25) is 0 Å². The number of nitrogens with one attached hydrogen (secondary N) is 2. The van der Waals surface area contributed by atoms with Crippen LogP contribution in [0.15, 0.2) is 113 Å². The third-order valence-corrected chi connectivity index (χ3v) is 13.1. The van der Waals surface area contributed by atoms with E-state index in [2.05, 4.69) is 16.1 Å². The molecular formula is C41H41N5O3S. The number of carbonyl (C=O) groups excluding carboxylic acids is 1. The van der Waals surface area contributed by atoms with E-state index in [1.807, 2.05) is 95.7 Å². The summed E-state index contributed by atoms with van der Waals surface area (Å²) < 4.78 is 32.7. The van der Waals surface area contributed by atoms with Crippen molar-refractivity contribution < 1.29 is 13.7 Å². The first kappa shape index (κ1) is 31.1. The lowest BCUT2D eigenvalue weighted by molar-refractivity contribution is 0.000121. The van der Waals surface area contributed by atoms with Crippen LogP contribution in [0.2, 0.25) is 0 Å². The SMILES string of the molecule is O=C(Nc1c2c(cc3c1CCC3)CCC2)NS(=O)(=NC(c1ccccc1)(c1ccccc1)c1ccccc1)c1cnn2c1OCC1(CCC1)C2. The monoisotopic (exact) mass is 683 g/mol. The fourth-order valence-electron chi connectivity index (χ4n) is 8.62. The number of hydrogen-bond acceptors (Lipinski definition) is 5. The molecule has 0 bridgehead atoms. The van der Waals surface area contributed by atoms with Crippen molar-refractivity contribution in [3.05, 3.63) is 142 Å². The van der Waals surface area contributed by atoms with Gasteiger partial charge < -0.3 is 10.1 Å². The minimum atomic E-state index is -3.79. The van der Waals surface area contributed by atoms with Gasteiger partial charge in [0, 0.05) is 11.1 Å². The van der Waals surface area contributed by atoms with Crippen LogP contribution in [0.25, 0.3) is 0 Å². The Bertz CT molecular complexity index is 2070. The number of ether oxygens (including phenoxy) is 1. The average Bonchev–Trinajstić information content (AvgIpc) is 3.91. The van der Waals surface area contributed by atoms with E-state index in [1.165, 1.54) is 28.7 Å². The van der Waals surface area contributed by atoms with Gasteiger partial charge in [0.05, 0.1) is 19.3 Å². The van der Waals surface area contributed by atoms with Crippen LogP contribution in [0.1, 0.15) is 71.0 Å². The Balaban J connectivity index is 1.25. The maximum Gasteiger partial charge on any atom is 0.331 e. The minimum Gasteiger partial charge on any atom is -0.476 e. The number of aryl methyl sites for hydroxylation is 2. The van der Waals surface area contributed by atoms with Gasteiger partial charge in [0.15, 0.2) is 9.92 Å². The van der Waals surface area contributed by atoms with Crippen LogP contribution in [0.4, 0.5) is 10.5 Å². The van der Waals surface area contributed by atoms with E-state index < -0.39 is 21.5 Å². The largest absolute Gasteiger partial charge is 0.476 e. The number of anilines is 1. The van der Waals surface area contributed by atoms with Gasteiger partial charge in [0.2, 0.25) is 5.88 Å². The third-order valence-electron chi connectivity index (χ3n) is 11.3. The number of amides is 2. The summed E-state index contributed by atoms with van der Waals surface area (Å²) in [5.74, 6) is 0.404. The topological polar surface area (TPSA) is 97.6 Å². The summed E-state index contributed by atoms with van der Waals surface area (Å²) >= 11 is 0. The number of urea groups is 1. The van der Waals surface area contributed by atoms with Gasteiger partial charge in [0.25, 0.3) is 0 Å². The Morgan fingerprint density at radius 1 is 0.800 bits per heavy atom. The summed E-state index contributed by atoms with van der Waals surface area (Å²) in [7, 11) is -3.79. The second kappa shape index (κ2) is 12.2. The summed E-state index contributed by atoms with van der Waals surface area (Å²) in [5.41, 5.74) is 7.16. The van der Waals surface area contributed by atoms with Crippen LogP contribution in [0.3, 0.4) is 0 Å². The maximum absolute atomic E-state index is 16.1. The molecule has 0 saturated heterocycles. The van der Waals surface area contributed by atoms with Crippen LogP contribution in [0, 0.1) is 5.41 Å². The molecule has 1 aliphatic heterocycles. The number of benzene rings is 4. The van der Waals surface area contributed by atoms with Crippen molar-refractivity contribution in [1.29, 1.82) is 0 Å². The van der Waals surface area contributed by atoms with Crippen LogP contribution in [0.5, 0.6) is 5.88 Å². The van der Waals surface area contributed by atoms with Crippen molar-refractivity contribution in [3.8, 4) is 5.88 Å². The fourth-order valence-corrected chi connectivity index (χ4v) is 10.5. The van der Waals surface area contributed by atoms with Crippen molar-refractivity contribution in [2.24, 2.45) is 9.78 Å². The van der Waals surface area contributed by atoms with Gasteiger partial charge in [-0.1, -0.05) is 103 Å². The lowest BCUT2D eigenvalue weighted by atomic mass is 9.69. The van der Waals surface area contributed by atoms with E-state index in [9.17, 15) is 4.79 Å². The Morgan fingerprint density at radius 3 is 1.88 bits per heavy atom. The van der Waals surface area contributed by atoms with E-state index in [4.69, 9.17) is 14.2 Å². The molecule has 9 rings (SSSR count). The second-order valence-corrected chi connectivity index (χ2v) is 16.2. The predicted molar refractivity (Wildman–Crippen MR) is 195 cm³/mol. The first-order valence-electron chi connectivity index (χ1n) is 17.9. The number of carbonyl (C=O) groups is 1.